The molecule has 0 radical (unpaired) electrons. The average molecular weight is 327 g/mol. The van der Waals surface area contributed by atoms with Gasteiger partial charge in [-0.3, -0.25) is 9.69 Å². The zero-order valence-corrected chi connectivity index (χ0v) is 14.3. The molecule has 0 aromatic heterocycles. The van der Waals surface area contributed by atoms with Gasteiger partial charge in [0.25, 0.3) is 0 Å². The van der Waals surface area contributed by atoms with Gasteiger partial charge in [0.2, 0.25) is 0 Å². The fourth-order valence-corrected chi connectivity index (χ4v) is 2.95. The molecule has 0 spiro atoms. The number of carbonyl (C=O) groups excluding carboxylic acids is 1. The van der Waals surface area contributed by atoms with Crippen LogP contribution in [0.2, 0.25) is 0 Å². The van der Waals surface area contributed by atoms with Gasteiger partial charge in [-0.05, 0) is 63.9 Å². The number of nitrogens with two attached hydrogens (primary N) is 1. The summed E-state index contributed by atoms with van der Waals surface area (Å²) in [5.41, 5.74) is 7.65. The van der Waals surface area contributed by atoms with Crippen molar-refractivity contribution in [2.45, 2.75) is 33.2 Å². The van der Waals surface area contributed by atoms with Crippen molar-refractivity contribution in [3.63, 3.8) is 0 Å². The SMILES string of the molecule is CCOc1ccc(C(C)=O)cc1CN1CCCC(CN)C1.Cl. The van der Waals surface area contributed by atoms with Gasteiger partial charge in [-0.15, -0.1) is 12.4 Å². The van der Waals surface area contributed by atoms with E-state index in [0.29, 0.717) is 12.5 Å². The van der Waals surface area contributed by atoms with E-state index >= 15 is 0 Å². The maximum atomic E-state index is 11.6. The van der Waals surface area contributed by atoms with Gasteiger partial charge in [-0.1, -0.05) is 0 Å². The number of Topliss-reactive ketones (excluding diaryl/α,β-unsaturated/α-hetero) is 1. The predicted molar refractivity (Wildman–Crippen MR) is 91.9 cm³/mol. The molecule has 1 aliphatic heterocycles. The van der Waals surface area contributed by atoms with Gasteiger partial charge in [0.1, 0.15) is 5.75 Å². The van der Waals surface area contributed by atoms with Crippen LogP contribution in [0.25, 0.3) is 0 Å². The molecule has 1 aromatic rings. The Labute approximate surface area is 139 Å². The third kappa shape index (κ3) is 4.97. The largest absolute Gasteiger partial charge is 0.494 e. The van der Waals surface area contributed by atoms with E-state index in [-0.39, 0.29) is 18.2 Å². The van der Waals surface area contributed by atoms with Crippen LogP contribution in [0.5, 0.6) is 5.75 Å². The van der Waals surface area contributed by atoms with Crippen molar-refractivity contribution in [3.8, 4) is 5.75 Å². The minimum atomic E-state index is 0. The standard InChI is InChI=1S/C17H26N2O2.ClH/c1-3-21-17-7-6-15(13(2)20)9-16(17)12-19-8-4-5-14(10-18)11-19;/h6-7,9,14H,3-5,8,10-12,18H2,1-2H3;1H. The second-order valence-corrected chi connectivity index (χ2v) is 5.79. The monoisotopic (exact) mass is 326 g/mol. The molecule has 2 N–H and O–H groups in total. The lowest BCUT2D eigenvalue weighted by atomic mass is 9.97. The quantitative estimate of drug-likeness (QED) is 0.817. The van der Waals surface area contributed by atoms with Crippen LogP contribution < -0.4 is 10.5 Å². The number of piperidine rings is 1. The first-order valence-corrected chi connectivity index (χ1v) is 7.83. The van der Waals surface area contributed by atoms with Crippen LogP contribution in [0.15, 0.2) is 18.2 Å². The van der Waals surface area contributed by atoms with E-state index < -0.39 is 0 Å². The molecule has 1 aromatic carbocycles. The molecule has 5 heteroatoms. The Morgan fingerprint density at radius 3 is 2.86 bits per heavy atom. The first-order valence-electron chi connectivity index (χ1n) is 7.83. The second-order valence-electron chi connectivity index (χ2n) is 5.79. The van der Waals surface area contributed by atoms with Crippen molar-refractivity contribution >= 4 is 18.2 Å². The van der Waals surface area contributed by atoms with Crippen LogP contribution in [0.1, 0.15) is 42.6 Å². The number of hydrogen-bond acceptors (Lipinski definition) is 4. The van der Waals surface area contributed by atoms with E-state index in [1.807, 2.05) is 25.1 Å². The van der Waals surface area contributed by atoms with E-state index in [4.69, 9.17) is 10.5 Å². The molecule has 124 valence electrons. The summed E-state index contributed by atoms with van der Waals surface area (Å²) in [6.07, 6.45) is 2.41. The molecule has 1 fully saturated rings. The average Bonchev–Trinajstić information content (AvgIpc) is 2.49. The highest BCUT2D eigenvalue weighted by molar-refractivity contribution is 5.94. The molecule has 0 bridgehead atoms. The van der Waals surface area contributed by atoms with Crippen molar-refractivity contribution in [1.29, 1.82) is 0 Å². The van der Waals surface area contributed by atoms with Gasteiger partial charge in [-0.25, -0.2) is 0 Å². The Balaban J connectivity index is 0.00000242. The normalized spacial score (nSPS) is 18.6. The first kappa shape index (κ1) is 18.9. The maximum Gasteiger partial charge on any atom is 0.159 e. The number of likely N-dealkylation sites (tertiary alicyclic amines) is 1. The summed E-state index contributed by atoms with van der Waals surface area (Å²) in [4.78, 5) is 14.0. The van der Waals surface area contributed by atoms with Gasteiger partial charge in [0, 0.05) is 24.2 Å². The van der Waals surface area contributed by atoms with Gasteiger partial charge >= 0.3 is 0 Å². The number of rotatable bonds is 6. The highest BCUT2D eigenvalue weighted by Gasteiger charge is 2.20. The first-order chi connectivity index (χ1) is 10.1. The lowest BCUT2D eigenvalue weighted by Gasteiger charge is -2.32. The molecular weight excluding hydrogens is 300 g/mol. The molecule has 4 nitrogen and oxygen atoms in total. The van der Waals surface area contributed by atoms with Crippen LogP contribution in [0, 0.1) is 5.92 Å². The molecule has 1 aliphatic rings. The topological polar surface area (TPSA) is 55.6 Å². The van der Waals surface area contributed by atoms with Gasteiger partial charge < -0.3 is 10.5 Å². The summed E-state index contributed by atoms with van der Waals surface area (Å²) in [5, 5.41) is 0. The number of halogens is 1. The van der Waals surface area contributed by atoms with Crippen LogP contribution in [-0.2, 0) is 6.54 Å². The Morgan fingerprint density at radius 2 is 2.23 bits per heavy atom. The van der Waals surface area contributed by atoms with Crippen molar-refractivity contribution in [2.75, 3.05) is 26.2 Å². The minimum Gasteiger partial charge on any atom is -0.494 e. The third-order valence-corrected chi connectivity index (χ3v) is 4.10. The van der Waals surface area contributed by atoms with E-state index in [1.54, 1.807) is 6.92 Å². The van der Waals surface area contributed by atoms with Crippen molar-refractivity contribution in [3.05, 3.63) is 29.3 Å². The maximum absolute atomic E-state index is 11.6. The number of benzene rings is 1. The molecular formula is C17H27ClN2O2. The van der Waals surface area contributed by atoms with E-state index in [2.05, 4.69) is 4.90 Å². The fourth-order valence-electron chi connectivity index (χ4n) is 2.95. The Bertz CT molecular complexity index is 494. The highest BCUT2D eigenvalue weighted by Crippen LogP contribution is 2.25. The van der Waals surface area contributed by atoms with E-state index in [0.717, 1.165) is 43.1 Å². The number of carbonyl (C=O) groups is 1. The zero-order valence-electron chi connectivity index (χ0n) is 13.5. The number of ether oxygens (including phenoxy) is 1. The Hall–Kier alpha value is -1.10. The number of nitrogens with zero attached hydrogens (tertiary/aromatic N) is 1. The van der Waals surface area contributed by atoms with E-state index in [1.165, 1.54) is 12.8 Å². The number of ketones is 1. The second kappa shape index (κ2) is 9.13. The minimum absolute atomic E-state index is 0. The Kier molecular flexibility index (Phi) is 7.87. The molecule has 0 aliphatic carbocycles. The Morgan fingerprint density at radius 1 is 1.45 bits per heavy atom. The highest BCUT2D eigenvalue weighted by atomic mass is 35.5. The predicted octanol–water partition coefficient (Wildman–Crippen LogP) is 2.88. The molecule has 2 rings (SSSR count). The van der Waals surface area contributed by atoms with Crippen LogP contribution in [0.3, 0.4) is 0 Å². The van der Waals surface area contributed by atoms with Crippen LogP contribution in [-0.4, -0.2) is 36.9 Å². The number of hydrogen-bond donors (Lipinski definition) is 1. The van der Waals surface area contributed by atoms with Gasteiger partial charge in [0.15, 0.2) is 5.78 Å². The summed E-state index contributed by atoms with van der Waals surface area (Å²) in [7, 11) is 0. The zero-order chi connectivity index (χ0) is 15.2. The molecule has 1 saturated heterocycles. The fraction of sp³-hybridized carbons (Fsp3) is 0.588. The summed E-state index contributed by atoms with van der Waals surface area (Å²) < 4.78 is 5.70. The lowest BCUT2D eigenvalue weighted by Crippen LogP contribution is -2.37. The van der Waals surface area contributed by atoms with Crippen LogP contribution >= 0.6 is 12.4 Å². The van der Waals surface area contributed by atoms with Crippen LogP contribution in [0.4, 0.5) is 0 Å². The molecule has 22 heavy (non-hydrogen) atoms. The summed E-state index contributed by atoms with van der Waals surface area (Å²) in [6, 6.07) is 5.73. The van der Waals surface area contributed by atoms with Gasteiger partial charge in [0.05, 0.1) is 6.61 Å². The molecule has 0 saturated carbocycles. The third-order valence-electron chi connectivity index (χ3n) is 4.10. The van der Waals surface area contributed by atoms with E-state index in [9.17, 15) is 4.79 Å². The van der Waals surface area contributed by atoms with Crippen molar-refractivity contribution in [2.24, 2.45) is 11.7 Å². The summed E-state index contributed by atoms with van der Waals surface area (Å²) in [5.74, 6) is 1.57. The molecule has 0 amide bonds. The lowest BCUT2D eigenvalue weighted by molar-refractivity contribution is 0.101. The summed E-state index contributed by atoms with van der Waals surface area (Å²) >= 11 is 0. The smallest absolute Gasteiger partial charge is 0.159 e. The van der Waals surface area contributed by atoms with Gasteiger partial charge in [-0.2, -0.15) is 0 Å². The van der Waals surface area contributed by atoms with Crippen molar-refractivity contribution < 1.29 is 9.53 Å². The summed E-state index contributed by atoms with van der Waals surface area (Å²) in [6.45, 7) is 7.92. The molecule has 1 heterocycles. The molecule has 1 atom stereocenters. The van der Waals surface area contributed by atoms with Crippen molar-refractivity contribution in [1.82, 2.24) is 4.90 Å². The molecule has 1 unspecified atom stereocenters.